The quantitative estimate of drug-likeness (QED) is 0.196. The van der Waals surface area contributed by atoms with Crippen LogP contribution in [0.3, 0.4) is 0 Å². The van der Waals surface area contributed by atoms with Gasteiger partial charge in [0.05, 0.1) is 13.2 Å². The Bertz CT molecular complexity index is 499. The number of ether oxygens (including phenoxy) is 1. The molecule has 0 bridgehead atoms. The molecule has 0 N–H and O–H groups in total. The Balaban J connectivity index is 3.09. The number of Topliss-reactive ketones (excluding diaryl/α,β-unsaturated/α-hetero) is 1. The molecule has 0 aliphatic heterocycles. The third kappa shape index (κ3) is 3.00. The van der Waals surface area contributed by atoms with Crippen LogP contribution in [0, 0.1) is 10.1 Å². The lowest BCUT2D eigenvalue weighted by molar-refractivity contribution is -0.402. The molecule has 0 spiro atoms. The van der Waals surface area contributed by atoms with Crippen molar-refractivity contribution in [3.8, 4) is 0 Å². The van der Waals surface area contributed by atoms with Crippen molar-refractivity contribution in [2.45, 2.75) is 6.92 Å². The van der Waals surface area contributed by atoms with Gasteiger partial charge in [0.1, 0.15) is 16.3 Å². The fraction of sp³-hybridized carbons (Fsp3) is 0.200. The maximum atomic E-state index is 11.2. The molecule has 0 aliphatic rings. The van der Waals surface area contributed by atoms with E-state index in [0.29, 0.717) is 0 Å². The number of esters is 1. The molecule has 1 heterocycles. The Kier molecular flexibility index (Phi) is 3.76. The van der Waals surface area contributed by atoms with Crippen molar-refractivity contribution >= 4 is 23.7 Å². The van der Waals surface area contributed by atoms with E-state index >= 15 is 0 Å². The summed E-state index contributed by atoms with van der Waals surface area (Å²) in [4.78, 5) is 32.0. The van der Waals surface area contributed by atoms with Gasteiger partial charge >= 0.3 is 11.9 Å². The number of carbonyl (C=O) groups is 2. The van der Waals surface area contributed by atoms with Gasteiger partial charge in [0.15, 0.2) is 5.78 Å². The van der Waals surface area contributed by atoms with Crippen LogP contribution in [-0.4, -0.2) is 23.8 Å². The second kappa shape index (κ2) is 5.06. The molecule has 1 rings (SSSR count). The summed E-state index contributed by atoms with van der Waals surface area (Å²) >= 11 is 0. The van der Waals surface area contributed by atoms with Gasteiger partial charge in [0.2, 0.25) is 0 Å². The molecule has 0 aliphatic carbocycles. The Morgan fingerprint density at radius 2 is 2.12 bits per heavy atom. The molecule has 0 aromatic carbocycles. The van der Waals surface area contributed by atoms with Crippen molar-refractivity contribution < 1.29 is 23.7 Å². The highest BCUT2D eigenvalue weighted by atomic mass is 16.6. The second-order valence-corrected chi connectivity index (χ2v) is 3.04. The fourth-order valence-corrected chi connectivity index (χ4v) is 1.07. The highest BCUT2D eigenvalue weighted by Gasteiger charge is 2.17. The van der Waals surface area contributed by atoms with Crippen LogP contribution in [0.15, 0.2) is 22.1 Å². The molecule has 0 fully saturated rings. The summed E-state index contributed by atoms with van der Waals surface area (Å²) in [6.07, 6.45) is 1.10. The first-order valence-electron chi connectivity index (χ1n) is 4.51. The molecule has 7 heteroatoms. The topological polar surface area (TPSA) is 99.7 Å². The largest absolute Gasteiger partial charge is 0.465 e. The zero-order valence-corrected chi connectivity index (χ0v) is 9.13. The minimum absolute atomic E-state index is 0.0345. The zero-order chi connectivity index (χ0) is 13.0. The number of rotatable bonds is 4. The standard InChI is InChI=1S/C10H9NO6/c1-6(12)8(10(13)16-2)5-7-3-4-9(17-7)11(14)15/h3-5H,1-2H3/b8-5-. The summed E-state index contributed by atoms with van der Waals surface area (Å²) in [5.74, 6) is -1.77. The SMILES string of the molecule is COC(=O)/C(=C\c1ccc([N+](=O)[O-])o1)C(C)=O. The first-order chi connectivity index (χ1) is 7.95. The van der Waals surface area contributed by atoms with E-state index in [2.05, 4.69) is 4.74 Å². The molecule has 90 valence electrons. The number of nitro groups is 1. The monoisotopic (exact) mass is 239 g/mol. The van der Waals surface area contributed by atoms with E-state index in [4.69, 9.17) is 4.42 Å². The third-order valence-corrected chi connectivity index (χ3v) is 1.86. The van der Waals surface area contributed by atoms with Gasteiger partial charge in [-0.15, -0.1) is 0 Å². The summed E-state index contributed by atoms with van der Waals surface area (Å²) < 4.78 is 9.18. The fourth-order valence-electron chi connectivity index (χ4n) is 1.07. The van der Waals surface area contributed by atoms with Gasteiger partial charge in [-0.25, -0.2) is 4.79 Å². The van der Waals surface area contributed by atoms with Crippen LogP contribution in [0.5, 0.6) is 0 Å². The second-order valence-electron chi connectivity index (χ2n) is 3.04. The molecule has 0 amide bonds. The van der Waals surface area contributed by atoms with Crippen LogP contribution in [0.1, 0.15) is 12.7 Å². The number of furan rings is 1. The van der Waals surface area contributed by atoms with Crippen LogP contribution in [-0.2, 0) is 14.3 Å². The predicted molar refractivity (Wildman–Crippen MR) is 56.0 cm³/mol. The Morgan fingerprint density at radius 3 is 2.53 bits per heavy atom. The van der Waals surface area contributed by atoms with E-state index < -0.39 is 22.6 Å². The van der Waals surface area contributed by atoms with Crippen molar-refractivity contribution in [2.75, 3.05) is 7.11 Å². The third-order valence-electron chi connectivity index (χ3n) is 1.86. The van der Waals surface area contributed by atoms with E-state index in [0.717, 1.165) is 19.3 Å². The first-order valence-corrected chi connectivity index (χ1v) is 4.51. The summed E-state index contributed by atoms with van der Waals surface area (Å²) in [5, 5.41) is 10.4. The Hall–Kier alpha value is -2.44. The lowest BCUT2D eigenvalue weighted by atomic mass is 10.1. The van der Waals surface area contributed by atoms with E-state index in [-0.39, 0.29) is 11.3 Å². The van der Waals surface area contributed by atoms with Gasteiger partial charge in [-0.3, -0.25) is 14.9 Å². The Labute approximate surface area is 95.8 Å². The predicted octanol–water partition coefficient (Wildman–Crippen LogP) is 1.33. The average molecular weight is 239 g/mol. The maximum Gasteiger partial charge on any atom is 0.433 e. The van der Waals surface area contributed by atoms with Gasteiger partial charge in [-0.05, 0) is 19.1 Å². The number of hydrogen-bond acceptors (Lipinski definition) is 6. The number of methoxy groups -OCH3 is 1. The van der Waals surface area contributed by atoms with Crippen LogP contribution in [0.2, 0.25) is 0 Å². The normalized spacial score (nSPS) is 11.1. The van der Waals surface area contributed by atoms with Crippen molar-refractivity contribution in [2.24, 2.45) is 0 Å². The lowest BCUT2D eigenvalue weighted by Crippen LogP contribution is -2.11. The maximum absolute atomic E-state index is 11.2. The molecule has 0 radical (unpaired) electrons. The molecule has 0 saturated heterocycles. The average Bonchev–Trinajstić information content (AvgIpc) is 2.73. The summed E-state index contributed by atoms with van der Waals surface area (Å²) in [6.45, 7) is 1.18. The molecule has 0 atom stereocenters. The molecule has 17 heavy (non-hydrogen) atoms. The molecule has 0 saturated carbocycles. The molecule has 1 aromatic heterocycles. The van der Waals surface area contributed by atoms with Crippen molar-refractivity contribution in [1.29, 1.82) is 0 Å². The minimum Gasteiger partial charge on any atom is -0.465 e. The summed E-state index contributed by atoms with van der Waals surface area (Å²) in [6, 6.07) is 2.41. The molecule has 1 aromatic rings. The minimum atomic E-state index is -0.823. The number of carbonyl (C=O) groups excluding carboxylic acids is 2. The van der Waals surface area contributed by atoms with Gasteiger partial charge in [-0.1, -0.05) is 0 Å². The number of ketones is 1. The van der Waals surface area contributed by atoms with Gasteiger partial charge < -0.3 is 9.15 Å². The highest BCUT2D eigenvalue weighted by Crippen LogP contribution is 2.18. The highest BCUT2D eigenvalue weighted by molar-refractivity contribution is 6.19. The van der Waals surface area contributed by atoms with E-state index in [1.54, 1.807) is 0 Å². The molecule has 0 unspecified atom stereocenters. The summed E-state index contributed by atoms with van der Waals surface area (Å²) in [7, 11) is 1.13. The van der Waals surface area contributed by atoms with Crippen molar-refractivity contribution in [3.63, 3.8) is 0 Å². The smallest absolute Gasteiger partial charge is 0.433 e. The molecule has 7 nitrogen and oxygen atoms in total. The number of nitrogens with zero attached hydrogens (tertiary/aromatic N) is 1. The molecular weight excluding hydrogens is 230 g/mol. The first kappa shape index (κ1) is 12.6. The van der Waals surface area contributed by atoms with Crippen LogP contribution in [0.25, 0.3) is 6.08 Å². The van der Waals surface area contributed by atoms with Crippen LogP contribution >= 0.6 is 0 Å². The van der Waals surface area contributed by atoms with E-state index in [1.807, 2.05) is 0 Å². The summed E-state index contributed by atoms with van der Waals surface area (Å²) in [5.41, 5.74) is -0.239. The number of hydrogen-bond donors (Lipinski definition) is 0. The van der Waals surface area contributed by atoms with E-state index in [1.165, 1.54) is 13.0 Å². The van der Waals surface area contributed by atoms with Crippen molar-refractivity contribution in [1.82, 2.24) is 0 Å². The van der Waals surface area contributed by atoms with Crippen LogP contribution < -0.4 is 0 Å². The lowest BCUT2D eigenvalue weighted by Gasteiger charge is -1.99. The zero-order valence-electron chi connectivity index (χ0n) is 9.13. The Morgan fingerprint density at radius 1 is 1.47 bits per heavy atom. The van der Waals surface area contributed by atoms with Gasteiger partial charge in [0.25, 0.3) is 0 Å². The van der Waals surface area contributed by atoms with Crippen LogP contribution in [0.4, 0.5) is 5.88 Å². The van der Waals surface area contributed by atoms with E-state index in [9.17, 15) is 19.7 Å². The van der Waals surface area contributed by atoms with Gasteiger partial charge in [-0.2, -0.15) is 0 Å². The van der Waals surface area contributed by atoms with Gasteiger partial charge in [0, 0.05) is 0 Å². The van der Waals surface area contributed by atoms with Crippen molar-refractivity contribution in [3.05, 3.63) is 33.6 Å². The molecular formula is C10H9NO6.